The Bertz CT molecular complexity index is 1120. The van der Waals surface area contributed by atoms with Gasteiger partial charge in [-0.15, -0.1) is 0 Å². The fourth-order valence-corrected chi connectivity index (χ4v) is 4.28. The Morgan fingerprint density at radius 2 is 1.58 bits per heavy atom. The monoisotopic (exact) mass is 448 g/mol. The van der Waals surface area contributed by atoms with Crippen molar-refractivity contribution in [3.63, 3.8) is 0 Å². The largest absolute Gasteiger partial charge is 0.478 e. The first-order valence-electron chi connectivity index (χ1n) is 9.06. The van der Waals surface area contributed by atoms with E-state index in [0.717, 1.165) is 0 Å². The lowest BCUT2D eigenvalue weighted by atomic mass is 10.1. The molecule has 3 rings (SSSR count). The lowest BCUT2D eigenvalue weighted by Crippen LogP contribution is -2.10. The number of sulfone groups is 1. The Morgan fingerprint density at radius 1 is 0.903 bits per heavy atom. The summed E-state index contributed by atoms with van der Waals surface area (Å²) in [7, 11) is -1.20. The third kappa shape index (κ3) is 5.23. The van der Waals surface area contributed by atoms with Gasteiger partial charge < -0.3 is 19.6 Å². The van der Waals surface area contributed by atoms with Gasteiger partial charge in [0.05, 0.1) is 24.7 Å². The Hall–Kier alpha value is -3.34. The van der Waals surface area contributed by atoms with Crippen LogP contribution in [-0.4, -0.2) is 33.7 Å². The van der Waals surface area contributed by atoms with Crippen molar-refractivity contribution in [3.8, 4) is 17.2 Å². The fraction of sp³-hybridized carbons (Fsp3) is 0.190. The van der Waals surface area contributed by atoms with Crippen LogP contribution in [0.2, 0.25) is 0 Å². The van der Waals surface area contributed by atoms with Gasteiger partial charge in [0, 0.05) is 17.4 Å². The molecular weight excluding hydrogens is 428 g/mol. The van der Waals surface area contributed by atoms with Crippen LogP contribution in [0.4, 0.5) is 0 Å². The van der Waals surface area contributed by atoms with Crippen LogP contribution in [0, 0.1) is 0 Å². The van der Waals surface area contributed by atoms with Gasteiger partial charge in [-0.2, -0.15) is 9.78 Å². The van der Waals surface area contributed by atoms with Gasteiger partial charge in [0.25, 0.3) is 0 Å². The summed E-state index contributed by atoms with van der Waals surface area (Å²) in [6, 6.07) is 10.0. The summed E-state index contributed by atoms with van der Waals surface area (Å²) in [6.07, 6.45) is 3.66. The molecule has 9 nitrogen and oxygen atoms in total. The summed E-state index contributed by atoms with van der Waals surface area (Å²) in [4.78, 5) is 30.2. The first-order valence-corrected chi connectivity index (χ1v) is 10.5. The van der Waals surface area contributed by atoms with Gasteiger partial charge in [-0.25, -0.2) is 13.2 Å². The molecule has 0 unspecified atom stereocenters. The van der Waals surface area contributed by atoms with Crippen molar-refractivity contribution in [1.29, 1.82) is 0 Å². The van der Waals surface area contributed by atoms with Crippen LogP contribution < -0.4 is 14.5 Å². The molecule has 0 atom stereocenters. The highest BCUT2D eigenvalue weighted by Crippen LogP contribution is 2.35. The van der Waals surface area contributed by atoms with Crippen molar-refractivity contribution >= 4 is 15.8 Å². The molecule has 0 aromatic heterocycles. The second-order valence-electron chi connectivity index (χ2n) is 6.31. The molecule has 0 amide bonds. The maximum absolute atomic E-state index is 13.0. The fourth-order valence-electron chi connectivity index (χ4n) is 2.85. The summed E-state index contributed by atoms with van der Waals surface area (Å²) in [5, 5.41) is 8.94. The molecule has 2 aromatic carbocycles. The highest BCUT2D eigenvalue weighted by atomic mass is 32.2. The van der Waals surface area contributed by atoms with E-state index in [-0.39, 0.29) is 33.3 Å². The molecule has 0 fully saturated rings. The van der Waals surface area contributed by atoms with E-state index in [2.05, 4.69) is 9.78 Å². The first kappa shape index (κ1) is 22.3. The maximum Gasteiger partial charge on any atom is 0.335 e. The van der Waals surface area contributed by atoms with Gasteiger partial charge in [-0.05, 0) is 55.0 Å². The number of ether oxygens (including phenoxy) is 1. The van der Waals surface area contributed by atoms with E-state index >= 15 is 0 Å². The quantitative estimate of drug-likeness (QED) is 0.453. The molecule has 1 N–H and O–H groups in total. The standard InChI is InChI=1S/C21H20O9S/c1-26-29-19-12-11-18(13-20(19)30-27-2)31(24,25)17-9-7-16(8-10-17)28-15-5-3-14(4-6-15)21(22)23/h3-7,9,11-13H,8,10H2,1-2H3,(H,22,23). The van der Waals surface area contributed by atoms with Gasteiger partial charge >= 0.3 is 5.97 Å². The predicted octanol–water partition coefficient (Wildman–Crippen LogP) is 3.68. The predicted molar refractivity (Wildman–Crippen MR) is 108 cm³/mol. The molecule has 0 heterocycles. The minimum absolute atomic E-state index is 0.0104. The summed E-state index contributed by atoms with van der Waals surface area (Å²) in [5.74, 6) is 0.207. The van der Waals surface area contributed by atoms with E-state index in [1.807, 2.05) is 0 Å². The summed E-state index contributed by atoms with van der Waals surface area (Å²) >= 11 is 0. The zero-order valence-electron chi connectivity index (χ0n) is 16.7. The molecular formula is C21H20O9S. The zero-order chi connectivity index (χ0) is 22.4. The first-order chi connectivity index (χ1) is 14.8. The van der Waals surface area contributed by atoms with E-state index in [1.54, 1.807) is 18.2 Å². The lowest BCUT2D eigenvalue weighted by molar-refractivity contribution is -0.201. The smallest absolute Gasteiger partial charge is 0.335 e. The zero-order valence-corrected chi connectivity index (χ0v) is 17.5. The second-order valence-corrected chi connectivity index (χ2v) is 8.31. The summed E-state index contributed by atoms with van der Waals surface area (Å²) < 4.78 is 31.7. The minimum Gasteiger partial charge on any atom is -0.478 e. The van der Waals surface area contributed by atoms with Crippen molar-refractivity contribution in [2.45, 2.75) is 17.7 Å². The molecule has 0 saturated heterocycles. The molecule has 2 aromatic rings. The molecule has 0 spiro atoms. The number of hydrogen-bond donors (Lipinski definition) is 1. The molecule has 10 heteroatoms. The minimum atomic E-state index is -3.78. The number of benzene rings is 2. The highest BCUT2D eigenvalue weighted by molar-refractivity contribution is 7.95. The van der Waals surface area contributed by atoms with Crippen LogP contribution in [0.5, 0.6) is 17.2 Å². The number of hydrogen-bond acceptors (Lipinski definition) is 8. The third-order valence-electron chi connectivity index (χ3n) is 4.34. The molecule has 0 radical (unpaired) electrons. The Morgan fingerprint density at radius 3 is 2.16 bits per heavy atom. The van der Waals surface area contributed by atoms with Crippen LogP contribution in [-0.2, 0) is 19.6 Å². The number of rotatable bonds is 9. The van der Waals surface area contributed by atoms with E-state index in [4.69, 9.17) is 19.6 Å². The molecule has 0 bridgehead atoms. The van der Waals surface area contributed by atoms with Gasteiger partial charge in [-0.3, -0.25) is 0 Å². The molecule has 164 valence electrons. The average molecular weight is 448 g/mol. The number of carboxylic acids is 1. The Balaban J connectivity index is 1.79. The average Bonchev–Trinajstić information content (AvgIpc) is 2.76. The Labute approximate surface area is 178 Å². The van der Waals surface area contributed by atoms with Crippen LogP contribution >= 0.6 is 0 Å². The SMILES string of the molecule is COOc1ccc(S(=O)(=O)C2=CC=C(Oc3ccc(C(=O)O)cc3)CC2)cc1OOC. The van der Waals surface area contributed by atoms with Crippen LogP contribution in [0.15, 0.2) is 70.2 Å². The topological polar surface area (TPSA) is 118 Å². The van der Waals surface area contributed by atoms with Crippen molar-refractivity contribution < 1.29 is 42.6 Å². The van der Waals surface area contributed by atoms with E-state index < -0.39 is 15.8 Å². The number of aromatic carboxylic acids is 1. The van der Waals surface area contributed by atoms with Crippen LogP contribution in [0.25, 0.3) is 0 Å². The van der Waals surface area contributed by atoms with Gasteiger partial charge in [-0.1, -0.05) is 0 Å². The van der Waals surface area contributed by atoms with E-state index in [1.165, 1.54) is 50.6 Å². The van der Waals surface area contributed by atoms with Gasteiger partial charge in [0.15, 0.2) is 0 Å². The Kier molecular flexibility index (Phi) is 6.95. The second kappa shape index (κ2) is 9.65. The van der Waals surface area contributed by atoms with E-state index in [9.17, 15) is 13.2 Å². The van der Waals surface area contributed by atoms with Crippen LogP contribution in [0.3, 0.4) is 0 Å². The normalized spacial score (nSPS) is 13.7. The molecule has 0 saturated carbocycles. The maximum atomic E-state index is 13.0. The molecule has 31 heavy (non-hydrogen) atoms. The molecule has 1 aliphatic rings. The van der Waals surface area contributed by atoms with Gasteiger partial charge in [0.2, 0.25) is 21.3 Å². The summed E-state index contributed by atoms with van der Waals surface area (Å²) in [6.45, 7) is 0. The van der Waals surface area contributed by atoms with Crippen molar-refractivity contribution in [3.05, 3.63) is 70.8 Å². The molecule has 1 aliphatic carbocycles. The summed E-state index contributed by atoms with van der Waals surface area (Å²) in [5.41, 5.74) is 0.150. The van der Waals surface area contributed by atoms with Crippen LogP contribution in [0.1, 0.15) is 23.2 Å². The lowest BCUT2D eigenvalue weighted by Gasteiger charge is -2.17. The van der Waals surface area contributed by atoms with Crippen molar-refractivity contribution in [2.75, 3.05) is 14.2 Å². The van der Waals surface area contributed by atoms with Crippen molar-refractivity contribution in [1.82, 2.24) is 0 Å². The highest BCUT2D eigenvalue weighted by Gasteiger charge is 2.25. The van der Waals surface area contributed by atoms with E-state index in [0.29, 0.717) is 17.9 Å². The molecule has 0 aliphatic heterocycles. The van der Waals surface area contributed by atoms with Gasteiger partial charge in [0.1, 0.15) is 11.5 Å². The number of carbonyl (C=O) groups is 1. The third-order valence-corrected chi connectivity index (χ3v) is 6.25. The number of carboxylic acid groups (broad SMARTS) is 1. The number of allylic oxidation sites excluding steroid dienone is 4. The van der Waals surface area contributed by atoms with Crippen molar-refractivity contribution in [2.24, 2.45) is 0 Å².